The Labute approximate surface area is 142 Å². The fourth-order valence-corrected chi connectivity index (χ4v) is 3.21. The SMILES string of the molecule is O=C(OC(C(=O)c1ccccc1)c1ccccc1)C1CCCCC1. The molecular formula is C21H22O3. The fraction of sp³-hybridized carbons (Fsp3) is 0.333. The van der Waals surface area contributed by atoms with Crippen LogP contribution in [0.1, 0.15) is 54.1 Å². The summed E-state index contributed by atoms with van der Waals surface area (Å²) in [7, 11) is 0. The predicted octanol–water partition coefficient (Wildman–Crippen LogP) is 4.73. The quantitative estimate of drug-likeness (QED) is 0.590. The van der Waals surface area contributed by atoms with Gasteiger partial charge in [0.2, 0.25) is 5.78 Å². The van der Waals surface area contributed by atoms with Gasteiger partial charge in [-0.05, 0) is 12.8 Å². The molecule has 1 unspecified atom stereocenters. The third-order valence-electron chi connectivity index (χ3n) is 4.57. The number of Topliss-reactive ketones (excluding diaryl/α,β-unsaturated/α-hetero) is 1. The molecule has 0 aliphatic heterocycles. The number of carbonyl (C=O) groups excluding carboxylic acids is 2. The Morgan fingerprint density at radius 3 is 2.04 bits per heavy atom. The number of ether oxygens (including phenoxy) is 1. The summed E-state index contributed by atoms with van der Waals surface area (Å²) in [5.41, 5.74) is 1.28. The second-order valence-corrected chi connectivity index (χ2v) is 6.29. The average molecular weight is 322 g/mol. The van der Waals surface area contributed by atoms with E-state index in [0.29, 0.717) is 5.56 Å². The van der Waals surface area contributed by atoms with Crippen molar-refractivity contribution in [2.75, 3.05) is 0 Å². The molecule has 1 aliphatic rings. The molecule has 1 fully saturated rings. The minimum Gasteiger partial charge on any atom is -0.449 e. The number of hydrogen-bond acceptors (Lipinski definition) is 3. The van der Waals surface area contributed by atoms with Crippen LogP contribution in [0.3, 0.4) is 0 Å². The van der Waals surface area contributed by atoms with Gasteiger partial charge >= 0.3 is 5.97 Å². The molecule has 0 spiro atoms. The van der Waals surface area contributed by atoms with E-state index in [1.165, 1.54) is 6.42 Å². The zero-order valence-corrected chi connectivity index (χ0v) is 13.7. The number of carbonyl (C=O) groups is 2. The molecule has 3 nitrogen and oxygen atoms in total. The van der Waals surface area contributed by atoms with E-state index in [1.807, 2.05) is 48.5 Å². The van der Waals surface area contributed by atoms with Gasteiger partial charge in [0.25, 0.3) is 0 Å². The van der Waals surface area contributed by atoms with Crippen LogP contribution in [-0.2, 0) is 9.53 Å². The largest absolute Gasteiger partial charge is 0.449 e. The van der Waals surface area contributed by atoms with E-state index in [9.17, 15) is 9.59 Å². The Morgan fingerprint density at radius 1 is 0.833 bits per heavy atom. The molecule has 3 rings (SSSR count). The summed E-state index contributed by atoms with van der Waals surface area (Å²) in [5, 5.41) is 0. The molecule has 2 aromatic rings. The fourth-order valence-electron chi connectivity index (χ4n) is 3.21. The minimum atomic E-state index is -0.872. The summed E-state index contributed by atoms with van der Waals surface area (Å²) < 4.78 is 5.70. The molecular weight excluding hydrogens is 300 g/mol. The van der Waals surface area contributed by atoms with E-state index >= 15 is 0 Å². The minimum absolute atomic E-state index is 0.0754. The first-order valence-electron chi connectivity index (χ1n) is 8.60. The van der Waals surface area contributed by atoms with Crippen LogP contribution >= 0.6 is 0 Å². The molecule has 124 valence electrons. The van der Waals surface area contributed by atoms with E-state index in [2.05, 4.69) is 0 Å². The highest BCUT2D eigenvalue weighted by Crippen LogP contribution is 2.29. The maximum atomic E-state index is 12.9. The number of esters is 1. The molecule has 1 aliphatic carbocycles. The molecule has 1 saturated carbocycles. The van der Waals surface area contributed by atoms with Crippen LogP contribution in [0.4, 0.5) is 0 Å². The smallest absolute Gasteiger partial charge is 0.310 e. The lowest BCUT2D eigenvalue weighted by molar-refractivity contribution is -0.153. The highest BCUT2D eigenvalue weighted by Gasteiger charge is 2.30. The summed E-state index contributed by atoms with van der Waals surface area (Å²) in [4.78, 5) is 25.4. The first-order valence-corrected chi connectivity index (χ1v) is 8.60. The molecule has 0 saturated heterocycles. The maximum Gasteiger partial charge on any atom is 0.310 e. The van der Waals surface area contributed by atoms with Crippen molar-refractivity contribution in [1.29, 1.82) is 0 Å². The van der Waals surface area contributed by atoms with E-state index in [1.54, 1.807) is 12.1 Å². The van der Waals surface area contributed by atoms with Gasteiger partial charge < -0.3 is 4.74 Å². The average Bonchev–Trinajstić information content (AvgIpc) is 2.67. The van der Waals surface area contributed by atoms with Gasteiger partial charge in [0, 0.05) is 11.1 Å². The van der Waals surface area contributed by atoms with Gasteiger partial charge in [0.15, 0.2) is 6.10 Å². The van der Waals surface area contributed by atoms with Crippen LogP contribution in [0.2, 0.25) is 0 Å². The molecule has 24 heavy (non-hydrogen) atoms. The monoisotopic (exact) mass is 322 g/mol. The highest BCUT2D eigenvalue weighted by molar-refractivity contribution is 6.01. The van der Waals surface area contributed by atoms with Crippen LogP contribution in [-0.4, -0.2) is 11.8 Å². The third-order valence-corrected chi connectivity index (χ3v) is 4.57. The Kier molecular flexibility index (Phi) is 5.42. The second-order valence-electron chi connectivity index (χ2n) is 6.29. The normalized spacial score (nSPS) is 16.3. The lowest BCUT2D eigenvalue weighted by Crippen LogP contribution is -2.26. The van der Waals surface area contributed by atoms with Crippen LogP contribution in [0.5, 0.6) is 0 Å². The Morgan fingerprint density at radius 2 is 1.42 bits per heavy atom. The summed E-state index contributed by atoms with van der Waals surface area (Å²) in [5.74, 6) is -0.493. The van der Waals surface area contributed by atoms with Crippen molar-refractivity contribution in [3.8, 4) is 0 Å². The van der Waals surface area contributed by atoms with Crippen molar-refractivity contribution in [2.24, 2.45) is 5.92 Å². The summed E-state index contributed by atoms with van der Waals surface area (Å²) in [6.07, 6.45) is 4.14. The molecule has 0 heterocycles. The van der Waals surface area contributed by atoms with Crippen LogP contribution in [0.15, 0.2) is 60.7 Å². The van der Waals surface area contributed by atoms with Gasteiger partial charge in [-0.3, -0.25) is 9.59 Å². The highest BCUT2D eigenvalue weighted by atomic mass is 16.5. The van der Waals surface area contributed by atoms with Gasteiger partial charge in [-0.1, -0.05) is 79.9 Å². The summed E-state index contributed by atoms with van der Waals surface area (Å²) in [6.45, 7) is 0. The maximum absolute atomic E-state index is 12.9. The van der Waals surface area contributed by atoms with Gasteiger partial charge in [-0.15, -0.1) is 0 Å². The van der Waals surface area contributed by atoms with E-state index in [-0.39, 0.29) is 17.7 Å². The second kappa shape index (κ2) is 7.91. The molecule has 0 bridgehead atoms. The third kappa shape index (κ3) is 3.91. The van der Waals surface area contributed by atoms with Crippen LogP contribution in [0, 0.1) is 5.92 Å². The first kappa shape index (κ1) is 16.4. The van der Waals surface area contributed by atoms with Crippen LogP contribution < -0.4 is 0 Å². The number of rotatable bonds is 5. The molecule has 0 radical (unpaired) electrons. The topological polar surface area (TPSA) is 43.4 Å². The van der Waals surface area contributed by atoms with Gasteiger partial charge in [0.1, 0.15) is 0 Å². The summed E-state index contributed by atoms with van der Waals surface area (Å²) in [6, 6.07) is 18.3. The van der Waals surface area contributed by atoms with Gasteiger partial charge in [-0.2, -0.15) is 0 Å². The molecule has 0 N–H and O–H groups in total. The van der Waals surface area contributed by atoms with Crippen molar-refractivity contribution >= 4 is 11.8 Å². The van der Waals surface area contributed by atoms with Crippen molar-refractivity contribution in [2.45, 2.75) is 38.2 Å². The lowest BCUT2D eigenvalue weighted by Gasteiger charge is -2.24. The zero-order chi connectivity index (χ0) is 16.8. The molecule has 2 aromatic carbocycles. The van der Waals surface area contributed by atoms with Crippen molar-refractivity contribution < 1.29 is 14.3 Å². The van der Waals surface area contributed by atoms with Gasteiger partial charge in [0.05, 0.1) is 5.92 Å². The van der Waals surface area contributed by atoms with Gasteiger partial charge in [-0.25, -0.2) is 0 Å². The Bertz CT molecular complexity index is 673. The van der Waals surface area contributed by atoms with Crippen LogP contribution in [0.25, 0.3) is 0 Å². The molecule has 0 amide bonds. The van der Waals surface area contributed by atoms with Crippen molar-refractivity contribution in [3.63, 3.8) is 0 Å². The Hall–Kier alpha value is -2.42. The summed E-state index contributed by atoms with van der Waals surface area (Å²) >= 11 is 0. The molecule has 0 aromatic heterocycles. The number of ketones is 1. The van der Waals surface area contributed by atoms with E-state index in [4.69, 9.17) is 4.74 Å². The predicted molar refractivity (Wildman–Crippen MR) is 92.6 cm³/mol. The van der Waals surface area contributed by atoms with Crippen molar-refractivity contribution in [1.82, 2.24) is 0 Å². The zero-order valence-electron chi connectivity index (χ0n) is 13.7. The van der Waals surface area contributed by atoms with Crippen molar-refractivity contribution in [3.05, 3.63) is 71.8 Å². The first-order chi connectivity index (χ1) is 11.8. The standard InChI is InChI=1S/C21H22O3/c22-19(16-10-4-1-5-11-16)20(17-12-6-2-7-13-17)24-21(23)18-14-8-3-9-15-18/h1-2,4-7,10-13,18,20H,3,8-9,14-15H2. The molecule has 1 atom stereocenters. The number of hydrogen-bond donors (Lipinski definition) is 0. The lowest BCUT2D eigenvalue weighted by atomic mass is 9.89. The Balaban J connectivity index is 1.82. The van der Waals surface area contributed by atoms with E-state index in [0.717, 1.165) is 31.2 Å². The van der Waals surface area contributed by atoms with E-state index < -0.39 is 6.10 Å². The number of benzene rings is 2. The molecule has 3 heteroatoms.